The first kappa shape index (κ1) is 11.9. The van der Waals surface area contributed by atoms with E-state index in [1.54, 1.807) is 0 Å². The van der Waals surface area contributed by atoms with Crippen LogP contribution in [0.3, 0.4) is 0 Å². The van der Waals surface area contributed by atoms with Crippen molar-refractivity contribution in [1.82, 2.24) is 10.6 Å². The molecule has 3 N–H and O–H groups in total. The molecular weight excluding hydrogens is 236 g/mol. The lowest BCUT2D eigenvalue weighted by molar-refractivity contribution is -0.0421. The van der Waals surface area contributed by atoms with Crippen LogP contribution in [-0.4, -0.2) is 29.3 Å². The molecule has 2 saturated heterocycles. The van der Waals surface area contributed by atoms with Crippen LogP contribution in [0, 0.1) is 0 Å². The van der Waals surface area contributed by atoms with Crippen molar-refractivity contribution in [2.24, 2.45) is 0 Å². The topological polar surface area (TPSA) is 44.3 Å². The largest absolute Gasteiger partial charge is 0.388 e. The maximum absolute atomic E-state index is 11.2. The van der Waals surface area contributed by atoms with Gasteiger partial charge in [-0.3, -0.25) is 0 Å². The van der Waals surface area contributed by atoms with Crippen molar-refractivity contribution < 1.29 is 5.11 Å². The zero-order valence-corrected chi connectivity index (χ0v) is 11.2. The van der Waals surface area contributed by atoms with Crippen LogP contribution in [0.4, 0.5) is 0 Å². The van der Waals surface area contributed by atoms with E-state index in [1.807, 2.05) is 0 Å². The molecule has 0 amide bonds. The van der Waals surface area contributed by atoms with Crippen molar-refractivity contribution in [3.63, 3.8) is 0 Å². The average molecular weight is 258 g/mol. The Balaban J connectivity index is 1.69. The van der Waals surface area contributed by atoms with E-state index < -0.39 is 5.60 Å². The van der Waals surface area contributed by atoms with Gasteiger partial charge in [-0.25, -0.2) is 0 Å². The van der Waals surface area contributed by atoms with E-state index in [2.05, 4.69) is 34.9 Å². The van der Waals surface area contributed by atoms with Gasteiger partial charge in [0.1, 0.15) is 0 Å². The zero-order valence-electron chi connectivity index (χ0n) is 11.2. The second-order valence-corrected chi connectivity index (χ2v) is 6.49. The molecule has 2 fully saturated rings. The molecule has 3 heterocycles. The van der Waals surface area contributed by atoms with Crippen LogP contribution in [-0.2, 0) is 6.42 Å². The average Bonchev–Trinajstić information content (AvgIpc) is 2.78. The van der Waals surface area contributed by atoms with Crippen LogP contribution >= 0.6 is 0 Å². The lowest BCUT2D eigenvalue weighted by atomic mass is 9.76. The number of hydrogen-bond donors (Lipinski definition) is 3. The van der Waals surface area contributed by atoms with Crippen LogP contribution in [0.25, 0.3) is 0 Å². The number of rotatable bonds is 1. The molecule has 1 aromatic rings. The summed E-state index contributed by atoms with van der Waals surface area (Å²) in [5, 5.41) is 18.4. The van der Waals surface area contributed by atoms with Gasteiger partial charge in [-0.2, -0.15) is 0 Å². The maximum atomic E-state index is 11.2. The van der Waals surface area contributed by atoms with E-state index >= 15 is 0 Å². The molecule has 3 atom stereocenters. The molecule has 0 aromatic heterocycles. The van der Waals surface area contributed by atoms with Gasteiger partial charge in [0.15, 0.2) is 0 Å². The molecule has 3 heteroatoms. The predicted octanol–water partition coefficient (Wildman–Crippen LogP) is 1.52. The molecule has 0 saturated carbocycles. The Morgan fingerprint density at radius 1 is 1.11 bits per heavy atom. The van der Waals surface area contributed by atoms with Crippen molar-refractivity contribution in [2.45, 2.75) is 55.8 Å². The fourth-order valence-corrected chi connectivity index (χ4v) is 4.38. The predicted molar refractivity (Wildman–Crippen MR) is 75.0 cm³/mol. The number of aliphatic hydroxyl groups is 1. The van der Waals surface area contributed by atoms with Gasteiger partial charge in [-0.1, -0.05) is 24.3 Å². The summed E-state index contributed by atoms with van der Waals surface area (Å²) in [5.41, 5.74) is 2.15. The van der Waals surface area contributed by atoms with E-state index in [-0.39, 0.29) is 6.04 Å². The van der Waals surface area contributed by atoms with Crippen LogP contribution in [0.15, 0.2) is 24.3 Å². The van der Waals surface area contributed by atoms with E-state index in [9.17, 15) is 5.11 Å². The van der Waals surface area contributed by atoms with Crippen molar-refractivity contribution in [3.05, 3.63) is 35.4 Å². The smallest absolute Gasteiger partial charge is 0.0871 e. The summed E-state index contributed by atoms with van der Waals surface area (Å²) in [6.07, 6.45) is 5.29. The highest BCUT2D eigenvalue weighted by Gasteiger charge is 2.48. The SMILES string of the molecule is OC1(C2NCCc3ccccc32)CC2CCC(C1)N2. The highest BCUT2D eigenvalue weighted by Crippen LogP contribution is 2.43. The molecular formula is C16H22N2O. The Morgan fingerprint density at radius 3 is 2.63 bits per heavy atom. The molecule has 19 heavy (non-hydrogen) atoms. The van der Waals surface area contributed by atoms with Gasteiger partial charge in [0, 0.05) is 12.1 Å². The third kappa shape index (κ3) is 1.92. The zero-order chi connectivity index (χ0) is 12.9. The van der Waals surface area contributed by atoms with Gasteiger partial charge in [-0.15, -0.1) is 0 Å². The molecule has 3 aliphatic rings. The normalized spacial score (nSPS) is 41.0. The summed E-state index contributed by atoms with van der Waals surface area (Å²) in [7, 11) is 0. The van der Waals surface area contributed by atoms with E-state index in [1.165, 1.54) is 24.0 Å². The monoisotopic (exact) mass is 258 g/mol. The van der Waals surface area contributed by atoms with E-state index in [4.69, 9.17) is 0 Å². The van der Waals surface area contributed by atoms with Crippen molar-refractivity contribution in [1.29, 1.82) is 0 Å². The van der Waals surface area contributed by atoms with Crippen LogP contribution in [0.5, 0.6) is 0 Å². The second-order valence-electron chi connectivity index (χ2n) is 6.49. The van der Waals surface area contributed by atoms with E-state index in [0.717, 1.165) is 25.8 Å². The molecule has 102 valence electrons. The third-order valence-electron chi connectivity index (χ3n) is 5.18. The van der Waals surface area contributed by atoms with Gasteiger partial charge in [-0.05, 0) is 49.8 Å². The molecule has 4 rings (SSSR count). The number of piperidine rings is 1. The first-order chi connectivity index (χ1) is 9.24. The quantitative estimate of drug-likeness (QED) is 0.715. The molecule has 2 bridgehead atoms. The minimum Gasteiger partial charge on any atom is -0.388 e. The first-order valence-corrected chi connectivity index (χ1v) is 7.54. The molecule has 0 aliphatic carbocycles. The van der Waals surface area contributed by atoms with Gasteiger partial charge in [0.25, 0.3) is 0 Å². The molecule has 0 radical (unpaired) electrons. The van der Waals surface area contributed by atoms with Crippen molar-refractivity contribution in [3.8, 4) is 0 Å². The van der Waals surface area contributed by atoms with Crippen LogP contribution in [0.2, 0.25) is 0 Å². The van der Waals surface area contributed by atoms with Gasteiger partial charge < -0.3 is 15.7 Å². The molecule has 0 spiro atoms. The number of benzene rings is 1. The first-order valence-electron chi connectivity index (χ1n) is 7.54. The number of nitrogens with one attached hydrogen (secondary N) is 2. The fourth-order valence-electron chi connectivity index (χ4n) is 4.38. The Kier molecular flexibility index (Phi) is 2.69. The van der Waals surface area contributed by atoms with Crippen molar-refractivity contribution in [2.75, 3.05) is 6.54 Å². The minimum absolute atomic E-state index is 0.114. The Hall–Kier alpha value is -0.900. The summed E-state index contributed by atoms with van der Waals surface area (Å²) in [6.45, 7) is 0.979. The van der Waals surface area contributed by atoms with Crippen LogP contribution in [0.1, 0.15) is 42.9 Å². The summed E-state index contributed by atoms with van der Waals surface area (Å²) >= 11 is 0. The van der Waals surface area contributed by atoms with Crippen molar-refractivity contribution >= 4 is 0 Å². The lowest BCUT2D eigenvalue weighted by Gasteiger charge is -2.45. The van der Waals surface area contributed by atoms with Gasteiger partial charge in [0.05, 0.1) is 11.6 Å². The standard InChI is InChI=1S/C16H22N2O/c19-16(9-12-5-6-13(10-16)18-12)15-14-4-2-1-3-11(14)7-8-17-15/h1-4,12-13,15,17-19H,5-10H2. The highest BCUT2D eigenvalue weighted by molar-refractivity contribution is 5.35. The molecule has 3 aliphatic heterocycles. The van der Waals surface area contributed by atoms with Crippen LogP contribution < -0.4 is 10.6 Å². The minimum atomic E-state index is -0.576. The summed E-state index contributed by atoms with van der Waals surface area (Å²) in [5.74, 6) is 0. The number of fused-ring (bicyclic) bond motifs is 3. The third-order valence-corrected chi connectivity index (χ3v) is 5.18. The molecule has 3 nitrogen and oxygen atoms in total. The Morgan fingerprint density at radius 2 is 1.84 bits per heavy atom. The Labute approximate surface area is 114 Å². The van der Waals surface area contributed by atoms with E-state index in [0.29, 0.717) is 12.1 Å². The van der Waals surface area contributed by atoms with Gasteiger partial charge >= 0.3 is 0 Å². The number of hydrogen-bond acceptors (Lipinski definition) is 3. The molecule has 1 aromatic carbocycles. The highest BCUT2D eigenvalue weighted by atomic mass is 16.3. The second kappa shape index (κ2) is 4.30. The summed E-state index contributed by atoms with van der Waals surface area (Å²) in [4.78, 5) is 0. The molecule has 3 unspecified atom stereocenters. The van der Waals surface area contributed by atoms with Gasteiger partial charge in [0.2, 0.25) is 0 Å². The summed E-state index contributed by atoms with van der Waals surface area (Å²) < 4.78 is 0. The fraction of sp³-hybridized carbons (Fsp3) is 0.625. The summed E-state index contributed by atoms with van der Waals surface area (Å²) in [6, 6.07) is 9.74. The lowest BCUT2D eigenvalue weighted by Crippen LogP contribution is -2.56. The Bertz CT molecular complexity index is 475. The maximum Gasteiger partial charge on any atom is 0.0871 e.